The number of hydrogen-bond acceptors (Lipinski definition) is 2. The molecule has 0 amide bonds. The highest BCUT2D eigenvalue weighted by Crippen LogP contribution is 2.71. The zero-order valence-corrected chi connectivity index (χ0v) is 18.0. The third-order valence-electron chi connectivity index (χ3n) is 7.30. The molecule has 2 aliphatic carbocycles. The summed E-state index contributed by atoms with van der Waals surface area (Å²) in [6.07, 6.45) is 6.71. The molecule has 5 nitrogen and oxygen atoms in total. The number of allylic oxidation sites excluding steroid dienone is 4. The first kappa shape index (κ1) is 18.5. The van der Waals surface area contributed by atoms with Crippen molar-refractivity contribution in [3.8, 4) is 5.69 Å². The van der Waals surface area contributed by atoms with Gasteiger partial charge in [-0.05, 0) is 23.0 Å². The van der Waals surface area contributed by atoms with Crippen LogP contribution in [0.1, 0.15) is 53.6 Å². The lowest BCUT2D eigenvalue weighted by Gasteiger charge is -2.66. The van der Waals surface area contributed by atoms with Gasteiger partial charge in [-0.3, -0.25) is 0 Å². The van der Waals surface area contributed by atoms with E-state index in [2.05, 4.69) is 59.8 Å². The molecule has 0 spiro atoms. The van der Waals surface area contributed by atoms with E-state index in [0.29, 0.717) is 5.69 Å². The molecule has 1 aromatic carbocycles. The van der Waals surface area contributed by atoms with Crippen molar-refractivity contribution in [3.05, 3.63) is 75.1 Å². The third-order valence-corrected chi connectivity index (χ3v) is 7.30. The lowest BCUT2D eigenvalue weighted by Crippen LogP contribution is -2.64. The zero-order valence-electron chi connectivity index (χ0n) is 18.0. The number of hydrogen-bond donors (Lipinski definition) is 0. The number of aromatic nitrogens is 3. The second-order valence-corrected chi connectivity index (χ2v) is 10.8. The molecule has 5 heteroatoms. The molecule has 2 aliphatic heterocycles. The maximum atomic E-state index is 13.5. The van der Waals surface area contributed by atoms with E-state index in [-0.39, 0.29) is 45.6 Å². The monoisotopic (exact) mass is 391 g/mol. The summed E-state index contributed by atoms with van der Waals surface area (Å²) in [6.45, 7) is 13.5. The van der Waals surface area contributed by atoms with Gasteiger partial charge in [0.25, 0.3) is 0 Å². The molecule has 0 unspecified atom stereocenters. The van der Waals surface area contributed by atoms with Gasteiger partial charge in [-0.1, -0.05) is 83.5 Å². The molecule has 152 valence electrons. The molecule has 2 bridgehead atoms. The van der Waals surface area contributed by atoms with Crippen LogP contribution in [-0.4, -0.2) is 13.9 Å². The summed E-state index contributed by atoms with van der Waals surface area (Å²) in [5, 5.41) is 0. The summed E-state index contributed by atoms with van der Waals surface area (Å²) >= 11 is 0. The predicted octanol–water partition coefficient (Wildman–Crippen LogP) is 4.10. The highest BCUT2D eigenvalue weighted by molar-refractivity contribution is 5.45. The second-order valence-electron chi connectivity index (χ2n) is 10.8. The minimum absolute atomic E-state index is 0.0292. The molecule has 2 aromatic rings. The van der Waals surface area contributed by atoms with Crippen LogP contribution in [-0.2, 0) is 0 Å². The van der Waals surface area contributed by atoms with E-state index in [1.807, 2.05) is 30.3 Å². The van der Waals surface area contributed by atoms with Crippen molar-refractivity contribution in [2.45, 2.75) is 53.6 Å². The van der Waals surface area contributed by atoms with E-state index < -0.39 is 0 Å². The molecule has 1 aromatic heterocycles. The first-order valence-corrected chi connectivity index (χ1v) is 10.4. The molecule has 29 heavy (non-hydrogen) atoms. The highest BCUT2D eigenvalue weighted by Gasteiger charge is 2.67. The lowest BCUT2D eigenvalue weighted by molar-refractivity contribution is -0.0653. The van der Waals surface area contributed by atoms with Crippen LogP contribution in [0.4, 0.5) is 0 Å². The minimum atomic E-state index is -0.250. The quantitative estimate of drug-likeness (QED) is 0.687. The molecule has 0 saturated carbocycles. The predicted molar refractivity (Wildman–Crippen MR) is 114 cm³/mol. The van der Waals surface area contributed by atoms with Gasteiger partial charge in [-0.15, -0.1) is 0 Å². The van der Waals surface area contributed by atoms with Crippen molar-refractivity contribution in [3.63, 3.8) is 0 Å². The highest BCUT2D eigenvalue weighted by atomic mass is 16.2. The van der Waals surface area contributed by atoms with Gasteiger partial charge in [0.2, 0.25) is 0 Å². The van der Waals surface area contributed by atoms with Crippen molar-refractivity contribution in [2.75, 3.05) is 0 Å². The Labute approximate surface area is 171 Å². The summed E-state index contributed by atoms with van der Waals surface area (Å²) in [5.41, 5.74) is 1.33. The first-order valence-electron chi connectivity index (χ1n) is 10.4. The van der Waals surface area contributed by atoms with Crippen LogP contribution in [0.3, 0.4) is 0 Å². The normalized spacial score (nSPS) is 29.9. The summed E-state index contributed by atoms with van der Waals surface area (Å²) in [5.74, 6) is 0.223. The van der Waals surface area contributed by atoms with Crippen molar-refractivity contribution >= 4 is 0 Å². The van der Waals surface area contributed by atoms with Crippen molar-refractivity contribution in [1.82, 2.24) is 13.9 Å². The van der Waals surface area contributed by atoms with Crippen molar-refractivity contribution in [1.29, 1.82) is 0 Å². The van der Waals surface area contributed by atoms with E-state index in [1.165, 1.54) is 10.1 Å². The van der Waals surface area contributed by atoms with Crippen LogP contribution >= 0.6 is 0 Å². The van der Waals surface area contributed by atoms with Crippen LogP contribution in [0, 0.1) is 22.2 Å². The number of benzene rings is 1. The van der Waals surface area contributed by atoms with Crippen LogP contribution in [0.25, 0.3) is 5.69 Å². The molecule has 0 saturated heterocycles. The Balaban J connectivity index is 1.81. The van der Waals surface area contributed by atoms with Gasteiger partial charge >= 0.3 is 11.4 Å². The molecule has 0 N–H and O–H groups in total. The van der Waals surface area contributed by atoms with E-state index in [0.717, 1.165) is 0 Å². The van der Waals surface area contributed by atoms with Gasteiger partial charge in [-0.2, -0.15) is 0 Å². The van der Waals surface area contributed by atoms with Gasteiger partial charge in [-0.25, -0.2) is 23.5 Å². The molecular weight excluding hydrogens is 362 g/mol. The standard InChI is InChI=1S/C24H29N3O2/c1-22(2,3)16-14-24(23(4,5)6)18-13-12-17(19(16)24)26-20(28)25(21(29)27(18)26)15-10-8-7-9-11-15/h7-14,17-19H,1-6H3/t17-,18-,19+,24-/m1/s1. The Morgan fingerprint density at radius 3 is 2.07 bits per heavy atom. The average molecular weight is 392 g/mol. The topological polar surface area (TPSA) is 48.9 Å². The molecule has 0 fully saturated rings. The number of rotatable bonds is 1. The fourth-order valence-electron chi connectivity index (χ4n) is 5.93. The maximum Gasteiger partial charge on any atom is 0.352 e. The van der Waals surface area contributed by atoms with Gasteiger partial charge < -0.3 is 0 Å². The smallest absolute Gasteiger partial charge is 0.245 e. The Morgan fingerprint density at radius 2 is 1.48 bits per heavy atom. The summed E-state index contributed by atoms with van der Waals surface area (Å²) in [6, 6.07) is 8.94. The number of para-hydroxylation sites is 1. The molecule has 4 atom stereocenters. The Hall–Kier alpha value is -2.56. The fraction of sp³-hybridized carbons (Fsp3) is 0.500. The second kappa shape index (κ2) is 5.32. The van der Waals surface area contributed by atoms with Crippen molar-refractivity contribution < 1.29 is 0 Å². The minimum Gasteiger partial charge on any atom is -0.245 e. The molecule has 6 rings (SSSR count). The number of nitrogens with zero attached hydrogens (tertiary/aromatic N) is 3. The Kier molecular flexibility index (Phi) is 3.39. The zero-order chi connectivity index (χ0) is 20.9. The van der Waals surface area contributed by atoms with Crippen LogP contribution in [0.15, 0.2) is 63.7 Å². The summed E-state index contributed by atoms with van der Waals surface area (Å²) in [7, 11) is 0. The van der Waals surface area contributed by atoms with E-state index in [9.17, 15) is 9.59 Å². The van der Waals surface area contributed by atoms with E-state index in [4.69, 9.17) is 0 Å². The van der Waals surface area contributed by atoms with E-state index in [1.54, 1.807) is 9.36 Å². The largest absolute Gasteiger partial charge is 0.352 e. The summed E-state index contributed by atoms with van der Waals surface area (Å²) in [4.78, 5) is 27.0. The van der Waals surface area contributed by atoms with Gasteiger partial charge in [0.05, 0.1) is 17.8 Å². The average Bonchev–Trinajstić information content (AvgIpc) is 2.86. The fourth-order valence-corrected chi connectivity index (χ4v) is 5.93. The maximum absolute atomic E-state index is 13.5. The first-order chi connectivity index (χ1) is 13.5. The Bertz CT molecular complexity index is 1180. The van der Waals surface area contributed by atoms with Gasteiger partial charge in [0, 0.05) is 11.3 Å². The van der Waals surface area contributed by atoms with Crippen LogP contribution in [0.5, 0.6) is 0 Å². The van der Waals surface area contributed by atoms with Crippen LogP contribution < -0.4 is 11.4 Å². The Morgan fingerprint density at radius 1 is 0.862 bits per heavy atom. The van der Waals surface area contributed by atoms with Crippen LogP contribution in [0.2, 0.25) is 0 Å². The molecule has 4 aliphatic rings. The van der Waals surface area contributed by atoms with Gasteiger partial charge in [0.15, 0.2) is 0 Å². The summed E-state index contributed by atoms with van der Waals surface area (Å²) < 4.78 is 4.76. The molecule has 0 radical (unpaired) electrons. The van der Waals surface area contributed by atoms with E-state index >= 15 is 0 Å². The third kappa shape index (κ3) is 2.06. The lowest BCUT2D eigenvalue weighted by atomic mass is 9.41. The van der Waals surface area contributed by atoms with Crippen molar-refractivity contribution in [2.24, 2.45) is 22.2 Å². The molecule has 3 heterocycles. The molecular formula is C24H29N3O2. The van der Waals surface area contributed by atoms with Gasteiger partial charge in [0.1, 0.15) is 0 Å². The SMILES string of the molecule is CC(C)(C)C1=C[C@]2(C(C)(C)C)[C@@H]1[C@H]1C=C[C@H]2n2c(=O)n(-c3ccccc3)c(=O)n21.